The number of rotatable bonds is 5. The molecular formula is C14H21N3S. The summed E-state index contributed by atoms with van der Waals surface area (Å²) in [6.45, 7) is 6.98. The third kappa shape index (κ3) is 3.28. The standard InChI is InChI=1S/C14H21N3S/c1-14(2,9-15)10-17(3)8-13-16-11-6-4-5-7-12(11)18-13/h4-7H,8-10,15H2,1-3H3. The Labute approximate surface area is 113 Å². The lowest BCUT2D eigenvalue weighted by molar-refractivity contribution is 0.210. The van der Waals surface area contributed by atoms with Crippen molar-refractivity contribution < 1.29 is 0 Å². The van der Waals surface area contributed by atoms with Crippen molar-refractivity contribution in [1.82, 2.24) is 9.88 Å². The molecule has 0 radical (unpaired) electrons. The fraction of sp³-hybridized carbons (Fsp3) is 0.500. The van der Waals surface area contributed by atoms with Crippen LogP contribution in [0.25, 0.3) is 10.2 Å². The third-order valence-corrected chi connectivity index (χ3v) is 4.02. The van der Waals surface area contributed by atoms with Gasteiger partial charge >= 0.3 is 0 Å². The first-order valence-corrected chi connectivity index (χ1v) is 7.05. The molecule has 0 bridgehead atoms. The molecule has 0 aliphatic heterocycles. The molecule has 18 heavy (non-hydrogen) atoms. The van der Waals surface area contributed by atoms with Crippen molar-refractivity contribution in [3.8, 4) is 0 Å². The van der Waals surface area contributed by atoms with E-state index in [1.54, 1.807) is 11.3 Å². The van der Waals surface area contributed by atoms with Crippen LogP contribution in [0.4, 0.5) is 0 Å². The lowest BCUT2D eigenvalue weighted by Crippen LogP contribution is -2.36. The summed E-state index contributed by atoms with van der Waals surface area (Å²) in [5.74, 6) is 0. The topological polar surface area (TPSA) is 42.2 Å². The van der Waals surface area contributed by atoms with Gasteiger partial charge in [-0.05, 0) is 31.1 Å². The van der Waals surface area contributed by atoms with E-state index in [2.05, 4.69) is 49.0 Å². The summed E-state index contributed by atoms with van der Waals surface area (Å²) < 4.78 is 1.26. The first kappa shape index (κ1) is 13.5. The van der Waals surface area contributed by atoms with Crippen LogP contribution in [-0.2, 0) is 6.54 Å². The molecule has 0 saturated carbocycles. The lowest BCUT2D eigenvalue weighted by Gasteiger charge is -2.28. The summed E-state index contributed by atoms with van der Waals surface area (Å²) in [4.78, 5) is 6.95. The van der Waals surface area contributed by atoms with Crippen molar-refractivity contribution >= 4 is 21.6 Å². The highest BCUT2D eigenvalue weighted by atomic mass is 32.1. The normalized spacial score (nSPS) is 12.5. The monoisotopic (exact) mass is 263 g/mol. The van der Waals surface area contributed by atoms with Crippen molar-refractivity contribution in [3.63, 3.8) is 0 Å². The molecular weight excluding hydrogens is 242 g/mol. The van der Waals surface area contributed by atoms with E-state index in [-0.39, 0.29) is 5.41 Å². The number of fused-ring (bicyclic) bond motifs is 1. The summed E-state index contributed by atoms with van der Waals surface area (Å²) in [7, 11) is 2.13. The van der Waals surface area contributed by atoms with Crippen molar-refractivity contribution in [1.29, 1.82) is 0 Å². The third-order valence-electron chi connectivity index (χ3n) is 2.99. The lowest BCUT2D eigenvalue weighted by atomic mass is 9.93. The van der Waals surface area contributed by atoms with E-state index >= 15 is 0 Å². The van der Waals surface area contributed by atoms with Crippen molar-refractivity contribution in [2.45, 2.75) is 20.4 Å². The maximum Gasteiger partial charge on any atom is 0.108 e. The van der Waals surface area contributed by atoms with Gasteiger partial charge < -0.3 is 5.73 Å². The van der Waals surface area contributed by atoms with Crippen LogP contribution in [0.3, 0.4) is 0 Å². The van der Waals surface area contributed by atoms with Crippen LogP contribution in [0.2, 0.25) is 0 Å². The molecule has 1 aromatic carbocycles. The van der Waals surface area contributed by atoms with Gasteiger partial charge in [-0.2, -0.15) is 0 Å². The van der Waals surface area contributed by atoms with Gasteiger partial charge in [0.25, 0.3) is 0 Å². The van der Waals surface area contributed by atoms with E-state index in [1.807, 2.05) is 6.07 Å². The number of thiazole rings is 1. The molecule has 4 heteroatoms. The number of nitrogens with zero attached hydrogens (tertiary/aromatic N) is 2. The maximum absolute atomic E-state index is 5.77. The van der Waals surface area contributed by atoms with Gasteiger partial charge in [0.2, 0.25) is 0 Å². The molecule has 0 fully saturated rings. The van der Waals surface area contributed by atoms with Crippen molar-refractivity contribution in [2.75, 3.05) is 20.1 Å². The summed E-state index contributed by atoms with van der Waals surface area (Å²) >= 11 is 1.78. The fourth-order valence-electron chi connectivity index (χ4n) is 2.07. The van der Waals surface area contributed by atoms with E-state index in [9.17, 15) is 0 Å². The second-order valence-electron chi connectivity index (χ2n) is 5.62. The molecule has 0 unspecified atom stereocenters. The van der Waals surface area contributed by atoms with Crippen LogP contribution in [0.15, 0.2) is 24.3 Å². The summed E-state index contributed by atoms with van der Waals surface area (Å²) in [5, 5.41) is 1.17. The zero-order valence-electron chi connectivity index (χ0n) is 11.3. The highest BCUT2D eigenvalue weighted by Crippen LogP contribution is 2.23. The Balaban J connectivity index is 2.05. The minimum Gasteiger partial charge on any atom is -0.330 e. The SMILES string of the molecule is CN(Cc1nc2ccccc2s1)CC(C)(C)CN. The summed E-state index contributed by atoms with van der Waals surface area (Å²) in [6, 6.07) is 8.29. The Morgan fingerprint density at radius 1 is 1.33 bits per heavy atom. The van der Waals surface area contributed by atoms with E-state index in [0.717, 1.165) is 18.6 Å². The average molecular weight is 263 g/mol. The molecule has 0 amide bonds. The predicted molar refractivity (Wildman–Crippen MR) is 78.8 cm³/mol. The second-order valence-corrected chi connectivity index (χ2v) is 6.73. The molecule has 0 spiro atoms. The first-order valence-electron chi connectivity index (χ1n) is 6.23. The zero-order valence-corrected chi connectivity index (χ0v) is 12.1. The van der Waals surface area contributed by atoms with Crippen LogP contribution in [0, 0.1) is 5.41 Å². The van der Waals surface area contributed by atoms with Crippen LogP contribution < -0.4 is 5.73 Å². The van der Waals surface area contributed by atoms with E-state index in [1.165, 1.54) is 9.71 Å². The molecule has 2 rings (SSSR count). The van der Waals surface area contributed by atoms with E-state index in [4.69, 9.17) is 5.73 Å². The van der Waals surface area contributed by atoms with Crippen LogP contribution in [0.5, 0.6) is 0 Å². The highest BCUT2D eigenvalue weighted by Gasteiger charge is 2.18. The molecule has 2 aromatic rings. The molecule has 1 aromatic heterocycles. The van der Waals surface area contributed by atoms with Crippen LogP contribution in [-0.4, -0.2) is 30.0 Å². The molecule has 3 nitrogen and oxygen atoms in total. The Bertz CT molecular complexity index is 485. The quantitative estimate of drug-likeness (QED) is 0.902. The van der Waals surface area contributed by atoms with Crippen molar-refractivity contribution in [2.24, 2.45) is 11.1 Å². The first-order chi connectivity index (χ1) is 8.50. The van der Waals surface area contributed by atoms with Crippen LogP contribution >= 0.6 is 11.3 Å². The van der Waals surface area contributed by atoms with E-state index in [0.29, 0.717) is 6.54 Å². The molecule has 2 N–H and O–H groups in total. The molecule has 0 aliphatic carbocycles. The summed E-state index contributed by atoms with van der Waals surface area (Å²) in [6.07, 6.45) is 0. The minimum absolute atomic E-state index is 0.158. The predicted octanol–water partition coefficient (Wildman–Crippen LogP) is 2.71. The second kappa shape index (κ2) is 5.34. The number of hydrogen-bond acceptors (Lipinski definition) is 4. The Morgan fingerprint density at radius 3 is 2.72 bits per heavy atom. The largest absolute Gasteiger partial charge is 0.330 e. The van der Waals surface area contributed by atoms with E-state index < -0.39 is 0 Å². The maximum atomic E-state index is 5.77. The average Bonchev–Trinajstić information content (AvgIpc) is 2.70. The summed E-state index contributed by atoms with van der Waals surface area (Å²) in [5.41, 5.74) is 7.03. The molecule has 98 valence electrons. The fourth-order valence-corrected chi connectivity index (χ4v) is 3.12. The number of para-hydroxylation sites is 1. The number of benzene rings is 1. The molecule has 0 aliphatic rings. The Kier molecular flexibility index (Phi) is 4.00. The van der Waals surface area contributed by atoms with Gasteiger partial charge in [-0.15, -0.1) is 11.3 Å². The van der Waals surface area contributed by atoms with Gasteiger partial charge in [0.05, 0.1) is 16.8 Å². The molecule has 0 saturated heterocycles. The van der Waals surface area contributed by atoms with Crippen molar-refractivity contribution in [3.05, 3.63) is 29.3 Å². The smallest absolute Gasteiger partial charge is 0.108 e. The number of aromatic nitrogens is 1. The van der Waals surface area contributed by atoms with Gasteiger partial charge in [-0.3, -0.25) is 4.90 Å². The highest BCUT2D eigenvalue weighted by molar-refractivity contribution is 7.18. The van der Waals surface area contributed by atoms with Gasteiger partial charge in [0.1, 0.15) is 5.01 Å². The number of hydrogen-bond donors (Lipinski definition) is 1. The minimum atomic E-state index is 0.158. The zero-order chi connectivity index (χ0) is 13.2. The van der Waals surface area contributed by atoms with Gasteiger partial charge in [-0.25, -0.2) is 4.98 Å². The molecule has 1 heterocycles. The van der Waals surface area contributed by atoms with Gasteiger partial charge in [-0.1, -0.05) is 26.0 Å². The Hall–Kier alpha value is -0.970. The number of nitrogens with two attached hydrogens (primary N) is 1. The van der Waals surface area contributed by atoms with Crippen LogP contribution in [0.1, 0.15) is 18.9 Å². The molecule has 0 atom stereocenters. The Morgan fingerprint density at radius 2 is 2.06 bits per heavy atom. The van der Waals surface area contributed by atoms with Gasteiger partial charge in [0.15, 0.2) is 0 Å². The van der Waals surface area contributed by atoms with Gasteiger partial charge in [0, 0.05) is 6.54 Å².